The minimum Gasteiger partial charge on any atom is -0.381 e. The first-order chi connectivity index (χ1) is 11.6. The number of hydrogen-bond donors (Lipinski definition) is 0. The van der Waals surface area contributed by atoms with Gasteiger partial charge in [-0.15, -0.1) is 0 Å². The third-order valence-electron chi connectivity index (χ3n) is 4.65. The maximum atomic E-state index is 13.6. The summed E-state index contributed by atoms with van der Waals surface area (Å²) in [5.74, 6) is -0.247. The van der Waals surface area contributed by atoms with Gasteiger partial charge in [0, 0.05) is 33.4 Å². The number of fused-ring (bicyclic) bond motifs is 1. The first kappa shape index (κ1) is 17.2. The molecule has 6 heteroatoms. The number of halogens is 1. The fourth-order valence-corrected chi connectivity index (χ4v) is 3.29. The molecule has 2 aliphatic rings. The molecule has 0 radical (unpaired) electrons. The Balaban J connectivity index is 1.62. The predicted octanol–water partition coefficient (Wildman–Crippen LogP) is 2.58. The molecule has 0 aromatic heterocycles. The molecule has 24 heavy (non-hydrogen) atoms. The summed E-state index contributed by atoms with van der Waals surface area (Å²) >= 11 is 0. The minimum absolute atomic E-state index is 0.0326. The number of benzene rings is 1. The smallest absolute Gasteiger partial charge is 0.229 e. The summed E-state index contributed by atoms with van der Waals surface area (Å²) in [7, 11) is 1.93. The molecule has 0 bridgehead atoms. The molecule has 5 nitrogen and oxygen atoms in total. The van der Waals surface area contributed by atoms with Crippen LogP contribution in [0, 0.1) is 5.82 Å². The van der Waals surface area contributed by atoms with Crippen LogP contribution in [-0.2, 0) is 14.3 Å². The third-order valence-corrected chi connectivity index (χ3v) is 4.65. The van der Waals surface area contributed by atoms with Crippen molar-refractivity contribution >= 4 is 17.3 Å². The van der Waals surface area contributed by atoms with Crippen molar-refractivity contribution in [1.82, 2.24) is 0 Å². The second-order valence-electron chi connectivity index (χ2n) is 6.39. The van der Waals surface area contributed by atoms with Crippen LogP contribution in [0.15, 0.2) is 18.2 Å². The Labute approximate surface area is 142 Å². The largest absolute Gasteiger partial charge is 0.381 e. The molecule has 2 aliphatic heterocycles. The van der Waals surface area contributed by atoms with E-state index in [1.54, 1.807) is 11.0 Å². The van der Waals surface area contributed by atoms with Crippen LogP contribution in [-0.4, -0.2) is 52.0 Å². The highest BCUT2D eigenvalue weighted by Crippen LogP contribution is 2.32. The number of rotatable bonds is 4. The van der Waals surface area contributed by atoms with Crippen LogP contribution in [0.1, 0.15) is 25.7 Å². The Hall–Kier alpha value is -1.66. The van der Waals surface area contributed by atoms with E-state index in [1.807, 2.05) is 11.9 Å². The van der Waals surface area contributed by atoms with Gasteiger partial charge in [-0.3, -0.25) is 4.79 Å². The summed E-state index contributed by atoms with van der Waals surface area (Å²) in [4.78, 5) is 16.4. The molecule has 0 unspecified atom stereocenters. The van der Waals surface area contributed by atoms with E-state index in [0.29, 0.717) is 19.6 Å². The van der Waals surface area contributed by atoms with Gasteiger partial charge in [-0.05, 0) is 37.5 Å². The van der Waals surface area contributed by atoms with Crippen molar-refractivity contribution in [3.8, 4) is 0 Å². The van der Waals surface area contributed by atoms with E-state index in [4.69, 9.17) is 9.47 Å². The SMILES string of the molecule is CN1CCCN(C(=O)CCOC2CCOCC2)c2ccc(F)cc21. The lowest BCUT2D eigenvalue weighted by Gasteiger charge is -2.25. The minimum atomic E-state index is -0.280. The number of carbonyl (C=O) groups excluding carboxylic acids is 1. The second-order valence-corrected chi connectivity index (χ2v) is 6.39. The molecular formula is C18H25FN2O3. The van der Waals surface area contributed by atoms with Crippen LogP contribution in [0.5, 0.6) is 0 Å². The topological polar surface area (TPSA) is 42.0 Å². The number of amides is 1. The standard InChI is InChI=1S/C18H25FN2O3/c1-20-8-2-9-21(16-4-3-14(19)13-17(16)20)18(22)7-12-24-15-5-10-23-11-6-15/h3-4,13,15H,2,5-12H2,1H3. The summed E-state index contributed by atoms with van der Waals surface area (Å²) in [5.41, 5.74) is 1.55. The quantitative estimate of drug-likeness (QED) is 0.847. The van der Waals surface area contributed by atoms with Crippen LogP contribution in [0.25, 0.3) is 0 Å². The van der Waals surface area contributed by atoms with E-state index in [-0.39, 0.29) is 17.8 Å². The average molecular weight is 336 g/mol. The number of anilines is 2. The highest BCUT2D eigenvalue weighted by Gasteiger charge is 2.24. The third kappa shape index (κ3) is 4.05. The Morgan fingerprint density at radius 2 is 2.08 bits per heavy atom. The van der Waals surface area contributed by atoms with E-state index in [2.05, 4.69) is 0 Å². The maximum Gasteiger partial charge on any atom is 0.229 e. The van der Waals surface area contributed by atoms with Crippen LogP contribution in [0.2, 0.25) is 0 Å². The van der Waals surface area contributed by atoms with Crippen LogP contribution in [0.3, 0.4) is 0 Å². The lowest BCUT2D eigenvalue weighted by molar-refractivity contribution is -0.120. The van der Waals surface area contributed by atoms with Gasteiger partial charge in [0.2, 0.25) is 5.91 Å². The van der Waals surface area contributed by atoms with Crippen molar-refractivity contribution < 1.29 is 18.7 Å². The van der Waals surface area contributed by atoms with Gasteiger partial charge >= 0.3 is 0 Å². The summed E-state index contributed by atoms with van der Waals surface area (Å²) in [5, 5.41) is 0. The number of hydrogen-bond acceptors (Lipinski definition) is 4. The van der Waals surface area contributed by atoms with Gasteiger partial charge in [0.1, 0.15) is 5.82 Å². The summed E-state index contributed by atoms with van der Waals surface area (Å²) in [6, 6.07) is 4.61. The lowest BCUT2D eigenvalue weighted by atomic mass is 10.1. The first-order valence-electron chi connectivity index (χ1n) is 8.65. The van der Waals surface area contributed by atoms with E-state index in [0.717, 1.165) is 50.4 Å². The van der Waals surface area contributed by atoms with Crippen molar-refractivity contribution in [3.63, 3.8) is 0 Å². The predicted molar refractivity (Wildman–Crippen MR) is 91.1 cm³/mol. The lowest BCUT2D eigenvalue weighted by Crippen LogP contribution is -2.33. The average Bonchev–Trinajstić information content (AvgIpc) is 2.75. The molecular weight excluding hydrogens is 311 g/mol. The molecule has 2 heterocycles. The van der Waals surface area contributed by atoms with Crippen molar-refractivity contribution in [2.75, 3.05) is 49.8 Å². The van der Waals surface area contributed by atoms with Crippen molar-refractivity contribution in [2.45, 2.75) is 31.8 Å². The van der Waals surface area contributed by atoms with Gasteiger partial charge in [-0.2, -0.15) is 0 Å². The molecule has 0 spiro atoms. The summed E-state index contributed by atoms with van der Waals surface area (Å²) in [6.45, 7) is 3.34. The highest BCUT2D eigenvalue weighted by atomic mass is 19.1. The van der Waals surface area contributed by atoms with Crippen molar-refractivity contribution in [3.05, 3.63) is 24.0 Å². The van der Waals surface area contributed by atoms with Gasteiger partial charge in [-0.25, -0.2) is 4.39 Å². The molecule has 1 saturated heterocycles. The van der Waals surface area contributed by atoms with Gasteiger partial charge < -0.3 is 19.3 Å². The normalized spacial score (nSPS) is 19.1. The van der Waals surface area contributed by atoms with Crippen LogP contribution < -0.4 is 9.80 Å². The second kappa shape index (κ2) is 7.94. The van der Waals surface area contributed by atoms with Gasteiger partial charge in [0.05, 0.1) is 30.5 Å². The Bertz CT molecular complexity index is 575. The molecule has 132 valence electrons. The molecule has 1 fully saturated rings. The Morgan fingerprint density at radius 3 is 2.88 bits per heavy atom. The highest BCUT2D eigenvalue weighted by molar-refractivity contribution is 5.97. The van der Waals surface area contributed by atoms with Gasteiger partial charge in [-0.1, -0.05) is 0 Å². The van der Waals surface area contributed by atoms with Gasteiger partial charge in [0.15, 0.2) is 0 Å². The molecule has 0 saturated carbocycles. The molecule has 3 rings (SSSR count). The summed E-state index contributed by atoms with van der Waals surface area (Å²) < 4.78 is 24.7. The molecule has 1 amide bonds. The van der Waals surface area contributed by atoms with E-state index < -0.39 is 0 Å². The zero-order chi connectivity index (χ0) is 16.9. The summed E-state index contributed by atoms with van der Waals surface area (Å²) in [6.07, 6.45) is 3.19. The Kier molecular flexibility index (Phi) is 5.68. The van der Waals surface area contributed by atoms with E-state index in [9.17, 15) is 9.18 Å². The fraction of sp³-hybridized carbons (Fsp3) is 0.611. The zero-order valence-corrected chi connectivity index (χ0v) is 14.2. The van der Waals surface area contributed by atoms with Crippen molar-refractivity contribution in [2.24, 2.45) is 0 Å². The first-order valence-corrected chi connectivity index (χ1v) is 8.65. The molecule has 0 aliphatic carbocycles. The van der Waals surface area contributed by atoms with E-state index >= 15 is 0 Å². The molecule has 0 N–H and O–H groups in total. The number of ether oxygens (including phenoxy) is 2. The van der Waals surface area contributed by atoms with Crippen LogP contribution >= 0.6 is 0 Å². The fourth-order valence-electron chi connectivity index (χ4n) is 3.29. The van der Waals surface area contributed by atoms with E-state index in [1.165, 1.54) is 12.1 Å². The number of nitrogens with zero attached hydrogens (tertiary/aromatic N) is 2. The van der Waals surface area contributed by atoms with Gasteiger partial charge in [0.25, 0.3) is 0 Å². The van der Waals surface area contributed by atoms with Crippen molar-refractivity contribution in [1.29, 1.82) is 0 Å². The number of carbonyl (C=O) groups is 1. The zero-order valence-electron chi connectivity index (χ0n) is 14.2. The Morgan fingerprint density at radius 1 is 1.29 bits per heavy atom. The molecule has 1 aromatic carbocycles. The molecule has 1 aromatic rings. The maximum absolute atomic E-state index is 13.6. The molecule has 0 atom stereocenters. The van der Waals surface area contributed by atoms with Crippen LogP contribution in [0.4, 0.5) is 15.8 Å². The monoisotopic (exact) mass is 336 g/mol.